The highest BCUT2D eigenvalue weighted by molar-refractivity contribution is 7.88. The van der Waals surface area contributed by atoms with Crippen LogP contribution in [0.1, 0.15) is 0 Å². The van der Waals surface area contributed by atoms with Gasteiger partial charge in [0.1, 0.15) is 0 Å². The summed E-state index contributed by atoms with van der Waals surface area (Å²) in [6.07, 6.45) is 0. The van der Waals surface area contributed by atoms with Crippen molar-refractivity contribution in [2.75, 3.05) is 0 Å². The van der Waals surface area contributed by atoms with Crippen LogP contribution in [0.5, 0.6) is 5.75 Å². The summed E-state index contributed by atoms with van der Waals surface area (Å²) in [5.41, 5.74) is -5.61. The van der Waals surface area contributed by atoms with Gasteiger partial charge in [0.15, 0.2) is 11.6 Å². The minimum absolute atomic E-state index is 0.0302. The van der Waals surface area contributed by atoms with Crippen LogP contribution in [0.25, 0.3) is 10.8 Å². The number of rotatable bonds is 2. The lowest BCUT2D eigenvalue weighted by Crippen LogP contribution is -2.28. The van der Waals surface area contributed by atoms with E-state index in [1.165, 1.54) is 24.3 Å². The first kappa shape index (κ1) is 13.6. The zero-order valence-corrected chi connectivity index (χ0v) is 9.93. The van der Waals surface area contributed by atoms with Gasteiger partial charge in [0.25, 0.3) is 0 Å². The van der Waals surface area contributed by atoms with Crippen LogP contribution in [0.2, 0.25) is 0 Å². The van der Waals surface area contributed by atoms with Crippen LogP contribution in [-0.4, -0.2) is 13.9 Å². The van der Waals surface area contributed by atoms with Crippen molar-refractivity contribution in [3.63, 3.8) is 0 Å². The Morgan fingerprint density at radius 3 is 2.26 bits per heavy atom. The van der Waals surface area contributed by atoms with Gasteiger partial charge in [-0.3, -0.25) is 0 Å². The van der Waals surface area contributed by atoms with E-state index < -0.39 is 27.2 Å². The molecule has 0 radical (unpaired) electrons. The monoisotopic (exact) mass is 294 g/mol. The van der Waals surface area contributed by atoms with Crippen LogP contribution in [0.4, 0.5) is 17.6 Å². The van der Waals surface area contributed by atoms with Crippen LogP contribution in [0.3, 0.4) is 0 Å². The lowest BCUT2D eigenvalue weighted by Gasteiger charge is -2.11. The molecule has 0 aromatic heterocycles. The number of benzene rings is 2. The van der Waals surface area contributed by atoms with E-state index in [2.05, 4.69) is 4.18 Å². The normalized spacial score (nSPS) is 12.6. The number of halogens is 4. The second kappa shape index (κ2) is 4.37. The van der Waals surface area contributed by atoms with E-state index in [0.717, 1.165) is 6.07 Å². The molecule has 0 aliphatic heterocycles. The van der Waals surface area contributed by atoms with Crippen molar-refractivity contribution in [3.05, 3.63) is 42.2 Å². The first-order valence-corrected chi connectivity index (χ1v) is 6.31. The molecule has 0 heterocycles. The highest BCUT2D eigenvalue weighted by Crippen LogP contribution is 2.31. The van der Waals surface area contributed by atoms with E-state index in [9.17, 15) is 26.0 Å². The fourth-order valence-electron chi connectivity index (χ4n) is 1.44. The van der Waals surface area contributed by atoms with Gasteiger partial charge in [-0.1, -0.05) is 30.3 Å². The van der Waals surface area contributed by atoms with Crippen molar-refractivity contribution in [2.45, 2.75) is 5.51 Å². The molecule has 0 aliphatic carbocycles. The molecule has 102 valence electrons. The summed E-state index contributed by atoms with van der Waals surface area (Å²) in [5, 5.41) is 0.383. The van der Waals surface area contributed by atoms with E-state index in [1.807, 2.05) is 0 Å². The maximum absolute atomic E-state index is 13.8. The molecule has 0 unspecified atom stereocenters. The molecular formula is C11H6F4O3S. The van der Waals surface area contributed by atoms with Crippen molar-refractivity contribution < 1.29 is 30.2 Å². The minimum Gasteiger partial charge on any atom is -0.373 e. The lowest BCUT2D eigenvalue weighted by molar-refractivity contribution is -0.0500. The van der Waals surface area contributed by atoms with Crippen molar-refractivity contribution in [1.29, 1.82) is 0 Å². The summed E-state index contributed by atoms with van der Waals surface area (Å²) in [4.78, 5) is 0. The molecule has 8 heteroatoms. The summed E-state index contributed by atoms with van der Waals surface area (Å²) in [6.45, 7) is 0. The topological polar surface area (TPSA) is 43.4 Å². The summed E-state index contributed by atoms with van der Waals surface area (Å²) >= 11 is 0. The van der Waals surface area contributed by atoms with Crippen molar-refractivity contribution in [1.82, 2.24) is 0 Å². The molecule has 0 aliphatic rings. The van der Waals surface area contributed by atoms with Crippen LogP contribution < -0.4 is 4.18 Å². The van der Waals surface area contributed by atoms with Gasteiger partial charge >= 0.3 is 15.6 Å². The Morgan fingerprint density at radius 1 is 1.00 bits per heavy atom. The molecule has 0 N–H and O–H groups in total. The maximum Gasteiger partial charge on any atom is 0.534 e. The van der Waals surface area contributed by atoms with Gasteiger partial charge in [-0.15, -0.1) is 0 Å². The summed E-state index contributed by atoms with van der Waals surface area (Å²) < 4.78 is 75.6. The Balaban J connectivity index is 2.51. The van der Waals surface area contributed by atoms with Gasteiger partial charge in [0.05, 0.1) is 0 Å². The Kier molecular flexibility index (Phi) is 3.13. The first-order valence-electron chi connectivity index (χ1n) is 4.90. The molecule has 2 aromatic carbocycles. The van der Waals surface area contributed by atoms with Gasteiger partial charge < -0.3 is 4.18 Å². The Bertz CT molecular complexity index is 722. The largest absolute Gasteiger partial charge is 0.534 e. The predicted octanol–water partition coefficient (Wildman–Crippen LogP) is 3.21. The predicted molar refractivity (Wildman–Crippen MR) is 59.5 cm³/mol. The van der Waals surface area contributed by atoms with Gasteiger partial charge in [0.2, 0.25) is 0 Å². The Morgan fingerprint density at radius 2 is 1.63 bits per heavy atom. The number of fused-ring (bicyclic) bond motifs is 1. The van der Waals surface area contributed by atoms with Crippen molar-refractivity contribution in [3.8, 4) is 5.75 Å². The third-order valence-electron chi connectivity index (χ3n) is 2.31. The molecule has 0 saturated carbocycles. The Hall–Kier alpha value is -1.83. The maximum atomic E-state index is 13.8. The Labute approximate surface area is 105 Å². The van der Waals surface area contributed by atoms with Gasteiger partial charge in [0, 0.05) is 5.39 Å². The third-order valence-corrected chi connectivity index (χ3v) is 3.28. The SMILES string of the molecule is O=S(=O)(Oc1ccc2ccccc2c1F)C(F)(F)F. The van der Waals surface area contributed by atoms with E-state index in [0.29, 0.717) is 5.39 Å². The zero-order chi connectivity index (χ0) is 14.3. The van der Waals surface area contributed by atoms with Crippen LogP contribution in [-0.2, 0) is 10.1 Å². The molecule has 19 heavy (non-hydrogen) atoms. The van der Waals surface area contributed by atoms with Gasteiger partial charge in [-0.05, 0) is 11.5 Å². The second-order valence-corrected chi connectivity index (χ2v) is 5.12. The molecule has 3 nitrogen and oxygen atoms in total. The zero-order valence-electron chi connectivity index (χ0n) is 9.11. The molecule has 0 amide bonds. The van der Waals surface area contributed by atoms with Crippen LogP contribution in [0, 0.1) is 5.82 Å². The summed E-state index contributed by atoms with van der Waals surface area (Å²) in [5.74, 6) is -2.15. The highest BCUT2D eigenvalue weighted by atomic mass is 32.2. The number of alkyl halides is 3. The highest BCUT2D eigenvalue weighted by Gasteiger charge is 2.48. The molecular weight excluding hydrogens is 288 g/mol. The standard InChI is InChI=1S/C11H6F4O3S/c12-10-8-4-2-1-3-7(8)5-6-9(10)18-19(16,17)11(13,14)15/h1-6H. The quantitative estimate of drug-likeness (QED) is 0.485. The van der Waals surface area contributed by atoms with Crippen molar-refractivity contribution in [2.24, 2.45) is 0 Å². The first-order chi connectivity index (χ1) is 8.72. The van der Waals surface area contributed by atoms with Crippen LogP contribution >= 0.6 is 0 Å². The molecule has 2 rings (SSSR count). The average molecular weight is 294 g/mol. The van der Waals surface area contributed by atoms with Crippen molar-refractivity contribution >= 4 is 20.9 Å². The molecule has 0 spiro atoms. The van der Waals surface area contributed by atoms with E-state index >= 15 is 0 Å². The third kappa shape index (κ3) is 2.48. The summed E-state index contributed by atoms with van der Waals surface area (Å²) in [6, 6.07) is 8.00. The molecule has 0 saturated heterocycles. The number of hydrogen-bond acceptors (Lipinski definition) is 3. The molecule has 0 atom stereocenters. The second-order valence-electron chi connectivity index (χ2n) is 3.58. The fourth-order valence-corrected chi connectivity index (χ4v) is 1.90. The van der Waals surface area contributed by atoms with Crippen LogP contribution in [0.15, 0.2) is 36.4 Å². The molecule has 0 bridgehead atoms. The molecule has 0 fully saturated rings. The van der Waals surface area contributed by atoms with E-state index in [-0.39, 0.29) is 5.39 Å². The van der Waals surface area contributed by atoms with Gasteiger partial charge in [-0.25, -0.2) is 4.39 Å². The minimum atomic E-state index is -5.88. The lowest BCUT2D eigenvalue weighted by atomic mass is 10.1. The van der Waals surface area contributed by atoms with E-state index in [4.69, 9.17) is 0 Å². The molecule has 2 aromatic rings. The average Bonchev–Trinajstić information content (AvgIpc) is 2.31. The number of hydrogen-bond donors (Lipinski definition) is 0. The summed E-state index contributed by atoms with van der Waals surface area (Å²) in [7, 11) is -5.88. The smallest absolute Gasteiger partial charge is 0.373 e. The fraction of sp³-hybridized carbons (Fsp3) is 0.0909. The van der Waals surface area contributed by atoms with Gasteiger partial charge in [-0.2, -0.15) is 21.6 Å². The van der Waals surface area contributed by atoms with E-state index in [1.54, 1.807) is 6.07 Å².